The Labute approximate surface area is 121 Å². The summed E-state index contributed by atoms with van der Waals surface area (Å²) < 4.78 is 15.4. The molecule has 2 rings (SSSR count). The lowest BCUT2D eigenvalue weighted by atomic mass is 10.2. The highest BCUT2D eigenvalue weighted by Gasteiger charge is 2.11. The molecule has 1 amide bonds. The van der Waals surface area contributed by atoms with Crippen molar-refractivity contribution >= 4 is 17.5 Å². The van der Waals surface area contributed by atoms with Gasteiger partial charge >= 0.3 is 0 Å². The molecule has 0 aliphatic rings. The van der Waals surface area contributed by atoms with Crippen LogP contribution >= 0.6 is 11.6 Å². The van der Waals surface area contributed by atoms with E-state index in [2.05, 4.69) is 5.32 Å². The summed E-state index contributed by atoms with van der Waals surface area (Å²) in [6.07, 6.45) is 0. The van der Waals surface area contributed by atoms with Crippen molar-refractivity contribution in [2.75, 3.05) is 14.2 Å². The van der Waals surface area contributed by atoms with Crippen molar-refractivity contribution in [3.05, 3.63) is 46.9 Å². The fraction of sp³-hybridized carbons (Fsp3) is 0.214. The third-order valence-electron chi connectivity index (χ3n) is 2.70. The van der Waals surface area contributed by atoms with E-state index in [4.69, 9.17) is 25.5 Å². The predicted octanol–water partition coefficient (Wildman–Crippen LogP) is 2.88. The highest BCUT2D eigenvalue weighted by molar-refractivity contribution is 6.28. The van der Waals surface area contributed by atoms with Crippen LogP contribution in [-0.2, 0) is 6.54 Å². The van der Waals surface area contributed by atoms with Crippen LogP contribution in [0.2, 0.25) is 5.22 Å². The van der Waals surface area contributed by atoms with Gasteiger partial charge in [0.05, 0.1) is 20.8 Å². The summed E-state index contributed by atoms with van der Waals surface area (Å²) in [6.45, 7) is 0.264. The molecule has 0 radical (unpaired) electrons. The number of benzene rings is 1. The number of hydrogen-bond donors (Lipinski definition) is 1. The van der Waals surface area contributed by atoms with Crippen LogP contribution in [0.5, 0.6) is 11.5 Å². The van der Waals surface area contributed by atoms with Gasteiger partial charge in [0.2, 0.25) is 0 Å². The van der Waals surface area contributed by atoms with Crippen molar-refractivity contribution in [3.63, 3.8) is 0 Å². The molecule has 0 saturated carbocycles. The minimum atomic E-state index is -0.238. The Hall–Kier alpha value is -2.14. The molecule has 0 aliphatic carbocycles. The molecular weight excluding hydrogens is 282 g/mol. The van der Waals surface area contributed by atoms with Gasteiger partial charge in [0.25, 0.3) is 5.91 Å². The number of furan rings is 1. The zero-order chi connectivity index (χ0) is 14.5. The normalized spacial score (nSPS) is 10.2. The van der Waals surface area contributed by atoms with E-state index in [9.17, 15) is 4.79 Å². The number of methoxy groups -OCH3 is 2. The molecular formula is C14H14ClNO4. The van der Waals surface area contributed by atoms with Gasteiger partial charge in [-0.1, -0.05) is 0 Å². The number of ether oxygens (including phenoxy) is 2. The van der Waals surface area contributed by atoms with Gasteiger partial charge in [-0.2, -0.15) is 0 Å². The molecule has 1 aromatic heterocycles. The Balaban J connectivity index is 2.05. The number of halogens is 1. The van der Waals surface area contributed by atoms with E-state index in [1.54, 1.807) is 30.3 Å². The quantitative estimate of drug-likeness (QED) is 0.921. The maximum Gasteiger partial charge on any atom is 0.251 e. The first-order valence-corrected chi connectivity index (χ1v) is 6.26. The molecule has 6 heteroatoms. The first kappa shape index (κ1) is 14.3. The summed E-state index contributed by atoms with van der Waals surface area (Å²) in [5.74, 6) is 1.42. The van der Waals surface area contributed by atoms with Crippen molar-refractivity contribution in [1.82, 2.24) is 5.32 Å². The molecule has 0 saturated heterocycles. The van der Waals surface area contributed by atoms with Crippen molar-refractivity contribution in [1.29, 1.82) is 0 Å². The Morgan fingerprint density at radius 2 is 1.95 bits per heavy atom. The smallest absolute Gasteiger partial charge is 0.251 e. The molecule has 0 atom stereocenters. The lowest BCUT2D eigenvalue weighted by Gasteiger charge is -2.09. The molecule has 1 heterocycles. The van der Waals surface area contributed by atoms with E-state index in [0.717, 1.165) is 0 Å². The highest BCUT2D eigenvalue weighted by Crippen LogP contribution is 2.27. The molecule has 1 aromatic carbocycles. The number of amides is 1. The summed E-state index contributed by atoms with van der Waals surface area (Å²) in [4.78, 5) is 12.0. The number of nitrogens with one attached hydrogen (secondary N) is 1. The van der Waals surface area contributed by atoms with Gasteiger partial charge in [0.15, 0.2) is 16.7 Å². The molecule has 106 valence electrons. The van der Waals surface area contributed by atoms with Crippen LogP contribution in [0.4, 0.5) is 0 Å². The maximum absolute atomic E-state index is 12.0. The van der Waals surface area contributed by atoms with E-state index in [1.165, 1.54) is 14.2 Å². The van der Waals surface area contributed by atoms with Crippen molar-refractivity contribution in [2.45, 2.75) is 6.54 Å². The summed E-state index contributed by atoms with van der Waals surface area (Å²) in [7, 11) is 3.06. The van der Waals surface area contributed by atoms with Crippen LogP contribution < -0.4 is 14.8 Å². The van der Waals surface area contributed by atoms with Crippen LogP contribution in [-0.4, -0.2) is 20.1 Å². The summed E-state index contributed by atoms with van der Waals surface area (Å²) in [5.41, 5.74) is 0.473. The Kier molecular flexibility index (Phi) is 4.53. The van der Waals surface area contributed by atoms with E-state index >= 15 is 0 Å². The number of hydrogen-bond acceptors (Lipinski definition) is 4. The van der Waals surface area contributed by atoms with Crippen molar-refractivity contribution in [3.8, 4) is 11.5 Å². The Bertz CT molecular complexity index is 609. The van der Waals surface area contributed by atoms with Crippen LogP contribution in [0.15, 0.2) is 34.7 Å². The van der Waals surface area contributed by atoms with E-state index in [0.29, 0.717) is 28.0 Å². The number of rotatable bonds is 5. The highest BCUT2D eigenvalue weighted by atomic mass is 35.5. The van der Waals surface area contributed by atoms with Gasteiger partial charge in [-0.3, -0.25) is 4.79 Å². The van der Waals surface area contributed by atoms with Gasteiger partial charge in [0, 0.05) is 5.56 Å². The lowest BCUT2D eigenvalue weighted by Crippen LogP contribution is -2.22. The monoisotopic (exact) mass is 295 g/mol. The third kappa shape index (κ3) is 3.24. The van der Waals surface area contributed by atoms with Crippen LogP contribution in [0, 0.1) is 0 Å². The molecule has 0 unspecified atom stereocenters. The van der Waals surface area contributed by atoms with Gasteiger partial charge in [-0.15, -0.1) is 0 Å². The molecule has 20 heavy (non-hydrogen) atoms. The van der Waals surface area contributed by atoms with E-state index < -0.39 is 0 Å². The summed E-state index contributed by atoms with van der Waals surface area (Å²) in [5, 5.41) is 3.02. The summed E-state index contributed by atoms with van der Waals surface area (Å²) in [6, 6.07) is 8.28. The molecule has 0 bridgehead atoms. The van der Waals surface area contributed by atoms with Crippen molar-refractivity contribution in [2.24, 2.45) is 0 Å². The molecule has 0 aliphatic heterocycles. The third-order valence-corrected chi connectivity index (χ3v) is 2.90. The second-order valence-corrected chi connectivity index (χ2v) is 4.33. The maximum atomic E-state index is 12.0. The molecule has 2 aromatic rings. The first-order valence-electron chi connectivity index (χ1n) is 5.88. The summed E-state index contributed by atoms with van der Waals surface area (Å²) >= 11 is 5.66. The fourth-order valence-corrected chi connectivity index (χ4v) is 1.86. The Morgan fingerprint density at radius 1 is 1.20 bits per heavy atom. The molecule has 1 N–H and O–H groups in total. The lowest BCUT2D eigenvalue weighted by molar-refractivity contribution is 0.0947. The standard InChI is InChI=1S/C14H14ClNO4/c1-18-11-5-3-9(7-12(11)19-2)14(17)16-8-10-4-6-13(15)20-10/h3-7H,8H2,1-2H3,(H,16,17). The van der Waals surface area contributed by atoms with Gasteiger partial charge in [-0.25, -0.2) is 0 Å². The second kappa shape index (κ2) is 6.34. The second-order valence-electron chi connectivity index (χ2n) is 3.96. The van der Waals surface area contributed by atoms with Crippen LogP contribution in [0.1, 0.15) is 16.1 Å². The zero-order valence-electron chi connectivity index (χ0n) is 11.1. The average molecular weight is 296 g/mol. The van der Waals surface area contributed by atoms with Crippen LogP contribution in [0.25, 0.3) is 0 Å². The fourth-order valence-electron chi connectivity index (χ4n) is 1.69. The average Bonchev–Trinajstić information content (AvgIpc) is 2.89. The SMILES string of the molecule is COc1ccc(C(=O)NCc2ccc(Cl)o2)cc1OC. The van der Waals surface area contributed by atoms with Crippen molar-refractivity contribution < 1.29 is 18.7 Å². The van der Waals surface area contributed by atoms with E-state index in [1.807, 2.05) is 0 Å². The molecule has 5 nitrogen and oxygen atoms in total. The van der Waals surface area contributed by atoms with E-state index in [-0.39, 0.29) is 12.5 Å². The predicted molar refractivity (Wildman–Crippen MR) is 74.4 cm³/mol. The first-order chi connectivity index (χ1) is 9.63. The topological polar surface area (TPSA) is 60.7 Å². The van der Waals surface area contributed by atoms with Crippen LogP contribution in [0.3, 0.4) is 0 Å². The van der Waals surface area contributed by atoms with Gasteiger partial charge in [0.1, 0.15) is 5.76 Å². The van der Waals surface area contributed by atoms with Gasteiger partial charge in [-0.05, 0) is 41.9 Å². The zero-order valence-corrected chi connectivity index (χ0v) is 11.9. The van der Waals surface area contributed by atoms with Gasteiger partial charge < -0.3 is 19.2 Å². The minimum Gasteiger partial charge on any atom is -0.493 e. The largest absolute Gasteiger partial charge is 0.493 e. The molecule has 0 fully saturated rings. The molecule has 0 spiro atoms. The minimum absolute atomic E-state index is 0.238. The Morgan fingerprint density at radius 3 is 2.55 bits per heavy atom. The number of carbonyl (C=O) groups is 1. The number of carbonyl (C=O) groups excluding carboxylic acids is 1.